The van der Waals surface area contributed by atoms with E-state index in [0.717, 1.165) is 5.57 Å². The van der Waals surface area contributed by atoms with Crippen molar-refractivity contribution in [2.75, 3.05) is 0 Å². The van der Waals surface area contributed by atoms with E-state index in [9.17, 15) is 4.79 Å². The lowest BCUT2D eigenvalue weighted by Gasteiger charge is -1.74. The molecule has 0 aromatic rings. The highest BCUT2D eigenvalue weighted by molar-refractivity contribution is 5.34. The van der Waals surface area contributed by atoms with Crippen LogP contribution >= 0.6 is 0 Å². The quantitative estimate of drug-likeness (QED) is 0.357. The molecule has 0 radical (unpaired) electrons. The predicted molar refractivity (Wildman–Crippen MR) is 27.6 cm³/mol. The normalized spacial score (nSPS) is 6.57. The lowest BCUT2D eigenvalue weighted by molar-refractivity contribution is 0.565. The highest BCUT2D eigenvalue weighted by atomic mass is 16.1. The van der Waals surface area contributed by atoms with Crippen molar-refractivity contribution in [3.05, 3.63) is 11.8 Å². The van der Waals surface area contributed by atoms with Gasteiger partial charge in [-0.05, 0) is 13.8 Å². The van der Waals surface area contributed by atoms with Crippen molar-refractivity contribution in [2.24, 2.45) is 4.99 Å². The van der Waals surface area contributed by atoms with Gasteiger partial charge in [0.05, 0.1) is 0 Å². The molecule has 0 amide bonds. The minimum Gasteiger partial charge on any atom is -0.211 e. The molecule has 0 aliphatic carbocycles. The van der Waals surface area contributed by atoms with E-state index in [4.69, 9.17) is 0 Å². The standard InChI is InChI=1S/C5H7NO/c1-5(2)3-6-4-7/h3H,1-2H3. The fraction of sp³-hybridized carbons (Fsp3) is 0.400. The molecule has 2 heteroatoms. The first-order valence-corrected chi connectivity index (χ1v) is 1.97. The Morgan fingerprint density at radius 2 is 2.29 bits per heavy atom. The van der Waals surface area contributed by atoms with Crippen molar-refractivity contribution in [1.29, 1.82) is 0 Å². The van der Waals surface area contributed by atoms with Crippen molar-refractivity contribution in [2.45, 2.75) is 13.8 Å². The number of allylic oxidation sites excluding steroid dienone is 1. The summed E-state index contributed by atoms with van der Waals surface area (Å²) in [6.07, 6.45) is 2.86. The lowest BCUT2D eigenvalue weighted by atomic mass is 10.4. The van der Waals surface area contributed by atoms with E-state index in [-0.39, 0.29) is 0 Å². The average molecular weight is 97.1 g/mol. The predicted octanol–water partition coefficient (Wildman–Crippen LogP) is 1.25. The first-order chi connectivity index (χ1) is 3.27. The van der Waals surface area contributed by atoms with E-state index in [2.05, 4.69) is 4.99 Å². The van der Waals surface area contributed by atoms with Gasteiger partial charge in [0.1, 0.15) is 0 Å². The van der Waals surface area contributed by atoms with E-state index >= 15 is 0 Å². The van der Waals surface area contributed by atoms with Gasteiger partial charge in [-0.2, -0.15) is 4.99 Å². The highest BCUT2D eigenvalue weighted by Gasteiger charge is 1.67. The van der Waals surface area contributed by atoms with Crippen molar-refractivity contribution in [3.63, 3.8) is 0 Å². The molecule has 0 spiro atoms. The molecular formula is C5H7NO. The molecule has 0 fully saturated rings. The molecular weight excluding hydrogens is 90.1 g/mol. The van der Waals surface area contributed by atoms with Crippen LogP contribution in [-0.2, 0) is 4.79 Å². The van der Waals surface area contributed by atoms with Gasteiger partial charge < -0.3 is 0 Å². The van der Waals surface area contributed by atoms with Crippen molar-refractivity contribution in [3.8, 4) is 0 Å². The maximum atomic E-state index is 9.37. The summed E-state index contributed by atoms with van der Waals surface area (Å²) in [7, 11) is 0. The number of nitrogens with zero attached hydrogens (tertiary/aromatic N) is 1. The van der Waals surface area contributed by atoms with E-state index < -0.39 is 0 Å². The SMILES string of the molecule is CC(C)=CN=C=O. The maximum Gasteiger partial charge on any atom is 0.239 e. The Morgan fingerprint density at radius 3 is 2.43 bits per heavy atom. The zero-order chi connectivity index (χ0) is 5.70. The Morgan fingerprint density at radius 1 is 1.71 bits per heavy atom. The van der Waals surface area contributed by atoms with Crippen LogP contribution in [0.3, 0.4) is 0 Å². The molecule has 0 saturated carbocycles. The van der Waals surface area contributed by atoms with E-state index in [1.165, 1.54) is 12.3 Å². The van der Waals surface area contributed by atoms with Gasteiger partial charge in [-0.25, -0.2) is 4.79 Å². The Bertz CT molecular complexity index is 116. The van der Waals surface area contributed by atoms with Crippen LogP contribution in [0.2, 0.25) is 0 Å². The van der Waals surface area contributed by atoms with Crippen molar-refractivity contribution >= 4 is 6.08 Å². The zero-order valence-corrected chi connectivity index (χ0v) is 4.43. The molecule has 0 saturated heterocycles. The Kier molecular flexibility index (Phi) is 2.90. The summed E-state index contributed by atoms with van der Waals surface area (Å²) in [6.45, 7) is 3.72. The average Bonchev–Trinajstić information content (AvgIpc) is 1.61. The summed E-state index contributed by atoms with van der Waals surface area (Å²) in [4.78, 5) is 12.6. The van der Waals surface area contributed by atoms with Crippen LogP contribution in [0.4, 0.5) is 0 Å². The summed E-state index contributed by atoms with van der Waals surface area (Å²) < 4.78 is 0. The number of rotatable bonds is 1. The minimum atomic E-state index is 1.00. The van der Waals surface area contributed by atoms with Gasteiger partial charge in [0, 0.05) is 6.20 Å². The summed E-state index contributed by atoms with van der Waals surface area (Å²) in [5.74, 6) is 0. The van der Waals surface area contributed by atoms with Crippen LogP contribution in [0, 0.1) is 0 Å². The van der Waals surface area contributed by atoms with Gasteiger partial charge in [0.15, 0.2) is 0 Å². The number of hydrogen-bond acceptors (Lipinski definition) is 2. The van der Waals surface area contributed by atoms with Crippen molar-refractivity contribution in [1.82, 2.24) is 0 Å². The summed E-state index contributed by atoms with van der Waals surface area (Å²) in [5, 5.41) is 0. The topological polar surface area (TPSA) is 29.4 Å². The Hall–Kier alpha value is -0.880. The van der Waals surface area contributed by atoms with Crippen LogP contribution in [0.1, 0.15) is 13.8 Å². The molecule has 0 unspecified atom stereocenters. The molecule has 0 aliphatic heterocycles. The third-order valence-electron chi connectivity index (χ3n) is 0.375. The van der Waals surface area contributed by atoms with E-state index in [0.29, 0.717) is 0 Å². The highest BCUT2D eigenvalue weighted by Crippen LogP contribution is 1.85. The molecule has 0 aliphatic rings. The smallest absolute Gasteiger partial charge is 0.211 e. The molecule has 0 heterocycles. The van der Waals surface area contributed by atoms with Crippen LogP contribution < -0.4 is 0 Å². The van der Waals surface area contributed by atoms with Crippen LogP contribution in [0.5, 0.6) is 0 Å². The second kappa shape index (κ2) is 3.32. The van der Waals surface area contributed by atoms with Gasteiger partial charge in [-0.1, -0.05) is 5.57 Å². The largest absolute Gasteiger partial charge is 0.239 e. The fourth-order valence-corrected chi connectivity index (χ4v) is 0.155. The third kappa shape index (κ3) is 5.12. The number of carbonyl (C=O) groups excluding carboxylic acids is 1. The Balaban J connectivity index is 3.69. The fourth-order valence-electron chi connectivity index (χ4n) is 0.155. The molecule has 0 aromatic carbocycles. The molecule has 2 nitrogen and oxygen atoms in total. The molecule has 0 N–H and O–H groups in total. The van der Waals surface area contributed by atoms with Gasteiger partial charge in [0.2, 0.25) is 6.08 Å². The summed E-state index contributed by atoms with van der Waals surface area (Å²) in [5.41, 5.74) is 1.00. The van der Waals surface area contributed by atoms with Gasteiger partial charge in [0.25, 0.3) is 0 Å². The number of isocyanates is 1. The van der Waals surface area contributed by atoms with Crippen LogP contribution in [-0.4, -0.2) is 6.08 Å². The molecule has 0 bridgehead atoms. The number of aliphatic imine (C=N–C) groups is 1. The van der Waals surface area contributed by atoms with Crippen molar-refractivity contribution < 1.29 is 4.79 Å². The molecule has 38 valence electrons. The Labute approximate surface area is 42.6 Å². The summed E-state index contributed by atoms with van der Waals surface area (Å²) in [6, 6.07) is 0. The molecule has 0 rings (SSSR count). The van der Waals surface area contributed by atoms with E-state index in [1.807, 2.05) is 13.8 Å². The van der Waals surface area contributed by atoms with Gasteiger partial charge >= 0.3 is 0 Å². The van der Waals surface area contributed by atoms with Gasteiger partial charge in [-0.3, -0.25) is 0 Å². The number of hydrogen-bond donors (Lipinski definition) is 0. The van der Waals surface area contributed by atoms with E-state index in [1.54, 1.807) is 0 Å². The first kappa shape index (κ1) is 6.12. The summed E-state index contributed by atoms with van der Waals surface area (Å²) >= 11 is 0. The van der Waals surface area contributed by atoms with Gasteiger partial charge in [-0.15, -0.1) is 0 Å². The van der Waals surface area contributed by atoms with Crippen LogP contribution in [0.25, 0.3) is 0 Å². The lowest BCUT2D eigenvalue weighted by Crippen LogP contribution is -1.57. The monoisotopic (exact) mass is 97.1 g/mol. The molecule has 0 atom stereocenters. The first-order valence-electron chi connectivity index (χ1n) is 1.97. The minimum absolute atomic E-state index is 1.00. The third-order valence-corrected chi connectivity index (χ3v) is 0.375. The zero-order valence-electron chi connectivity index (χ0n) is 4.43. The second-order valence-electron chi connectivity index (χ2n) is 1.43. The molecule has 0 aromatic heterocycles. The van der Waals surface area contributed by atoms with Crippen LogP contribution in [0.15, 0.2) is 16.8 Å². The maximum absolute atomic E-state index is 9.37. The molecule has 7 heavy (non-hydrogen) atoms. The second-order valence-corrected chi connectivity index (χ2v) is 1.43.